The summed E-state index contributed by atoms with van der Waals surface area (Å²) < 4.78 is 40.4. The number of rotatable bonds is 0. The molecule has 164 valence electrons. The zero-order chi connectivity index (χ0) is 23.7. The third-order valence-electron chi connectivity index (χ3n) is 5.44. The Morgan fingerprint density at radius 1 is 0.559 bits per heavy atom. The van der Waals surface area contributed by atoms with Crippen molar-refractivity contribution in [1.82, 2.24) is 0 Å². The summed E-state index contributed by atoms with van der Waals surface area (Å²) in [6, 6.07) is 25.3. The minimum Gasteiger partial charge on any atom is -0.166 e. The Labute approximate surface area is 199 Å². The van der Waals surface area contributed by atoms with Crippen molar-refractivity contribution in [1.29, 1.82) is 0 Å². The van der Waals surface area contributed by atoms with E-state index < -0.39 is 11.7 Å². The van der Waals surface area contributed by atoms with E-state index in [0.29, 0.717) is 5.56 Å². The third kappa shape index (κ3) is 4.69. The van der Waals surface area contributed by atoms with Crippen molar-refractivity contribution in [2.24, 2.45) is 0 Å². The first-order chi connectivity index (χ1) is 16.3. The van der Waals surface area contributed by atoms with Crippen LogP contribution in [-0.4, -0.2) is 0 Å². The number of aryl methyl sites for hydroxylation is 1. The van der Waals surface area contributed by atoms with Crippen LogP contribution in [0, 0.1) is 30.6 Å². The van der Waals surface area contributed by atoms with E-state index >= 15 is 0 Å². The van der Waals surface area contributed by atoms with Gasteiger partial charge in [-0.05, 0) is 67.6 Å². The summed E-state index contributed by atoms with van der Waals surface area (Å²) in [6.07, 6.45) is -4.34. The van der Waals surface area contributed by atoms with E-state index in [1.165, 1.54) is 23.1 Å². The van der Waals surface area contributed by atoms with Crippen LogP contribution in [0.15, 0.2) is 84.9 Å². The molecule has 0 fully saturated rings. The molecule has 0 aliphatic heterocycles. The van der Waals surface area contributed by atoms with Gasteiger partial charge in [-0.15, -0.1) is 11.3 Å². The molecule has 0 spiro atoms. The van der Waals surface area contributed by atoms with Crippen LogP contribution >= 0.6 is 11.3 Å². The minimum atomic E-state index is -4.34. The molecule has 0 saturated carbocycles. The summed E-state index contributed by atoms with van der Waals surface area (Å²) in [6.45, 7) is 2.05. The highest BCUT2D eigenvalue weighted by Gasteiger charge is 2.29. The van der Waals surface area contributed by atoms with Gasteiger partial charge >= 0.3 is 6.18 Å². The molecule has 0 amide bonds. The van der Waals surface area contributed by atoms with Crippen molar-refractivity contribution in [3.63, 3.8) is 0 Å². The fraction of sp³-hybridized carbons (Fsp3) is 0.0667. The van der Waals surface area contributed by atoms with E-state index in [1.807, 2.05) is 36.4 Å². The van der Waals surface area contributed by atoms with Crippen LogP contribution in [0.4, 0.5) is 13.2 Å². The monoisotopic (exact) mass is 466 g/mol. The highest BCUT2D eigenvalue weighted by atomic mass is 32.1. The van der Waals surface area contributed by atoms with Crippen molar-refractivity contribution >= 4 is 31.5 Å². The largest absolute Gasteiger partial charge is 0.416 e. The summed E-state index contributed by atoms with van der Waals surface area (Å²) >= 11 is 1.68. The fourth-order valence-corrected chi connectivity index (χ4v) is 4.79. The normalized spacial score (nSPS) is 11.1. The Bertz CT molecular complexity index is 1630. The maximum Gasteiger partial charge on any atom is 0.416 e. The van der Waals surface area contributed by atoms with Crippen molar-refractivity contribution in [3.8, 4) is 23.7 Å². The second-order valence-electron chi connectivity index (χ2n) is 7.97. The second-order valence-corrected chi connectivity index (χ2v) is 9.05. The molecule has 0 atom stereocenters. The Morgan fingerprint density at radius 2 is 0.971 bits per heavy atom. The van der Waals surface area contributed by atoms with Gasteiger partial charge in [-0.3, -0.25) is 0 Å². The van der Waals surface area contributed by atoms with Crippen LogP contribution in [0.1, 0.15) is 33.4 Å². The highest BCUT2D eigenvalue weighted by molar-refractivity contribution is 7.25. The SMILES string of the molecule is Cc1ccc(C#Cc2ccc3c(c2)sc2cc(C#Cc4ccc(C(F)(F)F)cc4)ccc23)cc1. The zero-order valence-corrected chi connectivity index (χ0v) is 18.9. The number of hydrogen-bond acceptors (Lipinski definition) is 1. The van der Waals surface area contributed by atoms with Crippen LogP contribution in [0.3, 0.4) is 0 Å². The van der Waals surface area contributed by atoms with Gasteiger partial charge < -0.3 is 0 Å². The van der Waals surface area contributed by atoms with Gasteiger partial charge in [0.2, 0.25) is 0 Å². The summed E-state index contributed by atoms with van der Waals surface area (Å²) in [4.78, 5) is 0. The van der Waals surface area contributed by atoms with Crippen LogP contribution < -0.4 is 0 Å². The molecule has 34 heavy (non-hydrogen) atoms. The molecular formula is C30H17F3S. The van der Waals surface area contributed by atoms with Gasteiger partial charge in [0.25, 0.3) is 0 Å². The average molecular weight is 467 g/mol. The Morgan fingerprint density at radius 3 is 1.44 bits per heavy atom. The molecule has 1 aromatic heterocycles. The standard InChI is InChI=1S/C30H17F3S/c1-20-2-4-21(5-3-20)6-8-23-12-16-26-27-17-13-24(19-29(27)34-28(26)18-23)9-7-22-10-14-25(15-11-22)30(31,32)33/h2-5,10-19H,1H3. The number of benzene rings is 4. The fourth-order valence-electron chi connectivity index (χ4n) is 3.60. The van der Waals surface area contributed by atoms with Gasteiger partial charge in [0.1, 0.15) is 0 Å². The number of alkyl halides is 3. The first-order valence-electron chi connectivity index (χ1n) is 10.6. The average Bonchev–Trinajstić information content (AvgIpc) is 3.19. The predicted molar refractivity (Wildman–Crippen MR) is 134 cm³/mol. The van der Waals surface area contributed by atoms with Gasteiger partial charge in [-0.1, -0.05) is 53.5 Å². The van der Waals surface area contributed by atoms with E-state index in [-0.39, 0.29) is 0 Å². The van der Waals surface area contributed by atoms with Crippen molar-refractivity contribution in [3.05, 3.63) is 118 Å². The lowest BCUT2D eigenvalue weighted by atomic mass is 10.1. The molecule has 0 aliphatic rings. The molecule has 4 aromatic carbocycles. The van der Waals surface area contributed by atoms with Crippen LogP contribution in [-0.2, 0) is 6.18 Å². The molecule has 0 unspecified atom stereocenters. The molecule has 0 radical (unpaired) electrons. The minimum absolute atomic E-state index is 0.543. The number of halogens is 3. The maximum absolute atomic E-state index is 12.7. The number of hydrogen-bond donors (Lipinski definition) is 0. The summed E-state index contributed by atoms with van der Waals surface area (Å²) in [7, 11) is 0. The lowest BCUT2D eigenvalue weighted by Gasteiger charge is -2.05. The van der Waals surface area contributed by atoms with Crippen molar-refractivity contribution < 1.29 is 13.2 Å². The van der Waals surface area contributed by atoms with Crippen LogP contribution in [0.25, 0.3) is 20.2 Å². The lowest BCUT2D eigenvalue weighted by molar-refractivity contribution is -0.137. The van der Waals surface area contributed by atoms with Crippen molar-refractivity contribution in [2.75, 3.05) is 0 Å². The van der Waals surface area contributed by atoms with Gasteiger partial charge in [-0.25, -0.2) is 0 Å². The van der Waals surface area contributed by atoms with E-state index in [4.69, 9.17) is 0 Å². The Kier molecular flexibility index (Phi) is 5.62. The molecule has 5 rings (SSSR count). The highest BCUT2D eigenvalue weighted by Crippen LogP contribution is 2.35. The first kappa shape index (κ1) is 21.8. The Hall–Kier alpha value is -3.99. The van der Waals surface area contributed by atoms with Crippen LogP contribution in [0.2, 0.25) is 0 Å². The quantitative estimate of drug-likeness (QED) is 0.202. The molecule has 0 aliphatic carbocycles. The van der Waals surface area contributed by atoms with Crippen molar-refractivity contribution in [2.45, 2.75) is 13.1 Å². The van der Waals surface area contributed by atoms with Gasteiger partial charge in [-0.2, -0.15) is 13.2 Å². The molecule has 5 aromatic rings. The maximum atomic E-state index is 12.7. The van der Waals surface area contributed by atoms with E-state index in [2.05, 4.69) is 54.9 Å². The third-order valence-corrected chi connectivity index (χ3v) is 6.55. The summed E-state index contributed by atoms with van der Waals surface area (Å²) in [5, 5.41) is 2.32. The van der Waals surface area contributed by atoms with Gasteiger partial charge in [0.05, 0.1) is 5.56 Å². The van der Waals surface area contributed by atoms with E-state index in [1.54, 1.807) is 11.3 Å². The number of thiophene rings is 1. The summed E-state index contributed by atoms with van der Waals surface area (Å²) in [5.41, 5.74) is 3.84. The molecule has 0 nitrogen and oxygen atoms in total. The smallest absolute Gasteiger partial charge is 0.166 e. The second kappa shape index (κ2) is 8.75. The van der Waals surface area contributed by atoms with E-state index in [9.17, 15) is 13.2 Å². The van der Waals surface area contributed by atoms with Gasteiger partial charge in [0, 0.05) is 42.4 Å². The zero-order valence-electron chi connectivity index (χ0n) is 18.1. The number of fused-ring (bicyclic) bond motifs is 3. The first-order valence-corrected chi connectivity index (χ1v) is 11.4. The van der Waals surface area contributed by atoms with Crippen LogP contribution in [0.5, 0.6) is 0 Å². The molecule has 0 saturated heterocycles. The molecule has 1 heterocycles. The lowest BCUT2D eigenvalue weighted by Crippen LogP contribution is -2.04. The Balaban J connectivity index is 1.42. The molecule has 4 heteroatoms. The van der Waals surface area contributed by atoms with E-state index in [0.717, 1.165) is 43.6 Å². The molecule has 0 bridgehead atoms. The molecular weight excluding hydrogens is 449 g/mol. The summed E-state index contributed by atoms with van der Waals surface area (Å²) in [5.74, 6) is 12.5. The molecule has 0 N–H and O–H groups in total. The topological polar surface area (TPSA) is 0 Å². The predicted octanol–water partition coefficient (Wildman–Crippen LogP) is 8.18. The van der Waals surface area contributed by atoms with Gasteiger partial charge in [0.15, 0.2) is 0 Å².